The van der Waals surface area contributed by atoms with Crippen LogP contribution in [0.15, 0.2) is 83.8 Å². The number of hydrogen-bond acceptors (Lipinski definition) is 4. The molecule has 2 amide bonds. The first-order chi connectivity index (χ1) is 16.3. The second-order valence-corrected chi connectivity index (χ2v) is 10.4. The van der Waals surface area contributed by atoms with Gasteiger partial charge in [-0.05, 0) is 47.9 Å². The third-order valence-electron chi connectivity index (χ3n) is 5.60. The molecule has 2 N–H and O–H groups in total. The van der Waals surface area contributed by atoms with Crippen molar-refractivity contribution >= 4 is 33.4 Å². The molecule has 176 valence electrons. The number of sulfonamides is 1. The highest BCUT2D eigenvalue weighted by atomic mass is 35.5. The third kappa shape index (κ3) is 5.64. The number of carbonyl (C=O) groups excluding carboxylic acids is 2. The summed E-state index contributed by atoms with van der Waals surface area (Å²) in [5.41, 5.74) is 2.15. The van der Waals surface area contributed by atoms with E-state index in [1.165, 1.54) is 18.2 Å². The molecule has 0 bridgehead atoms. The Morgan fingerprint density at radius 3 is 2.47 bits per heavy atom. The molecule has 1 aliphatic heterocycles. The molecule has 1 atom stereocenters. The lowest BCUT2D eigenvalue weighted by molar-refractivity contribution is -0.122. The number of hydrogen-bond donors (Lipinski definition) is 2. The van der Waals surface area contributed by atoms with Crippen molar-refractivity contribution in [3.05, 3.63) is 101 Å². The van der Waals surface area contributed by atoms with Crippen LogP contribution in [0.5, 0.6) is 0 Å². The van der Waals surface area contributed by atoms with Crippen LogP contribution in [0.25, 0.3) is 0 Å². The highest BCUT2D eigenvalue weighted by Gasteiger charge is 2.29. The molecule has 3 aromatic rings. The number of amides is 2. The minimum atomic E-state index is -3.90. The van der Waals surface area contributed by atoms with Crippen LogP contribution in [0.4, 0.5) is 0 Å². The maximum absolute atomic E-state index is 13.2. The molecule has 3 aromatic carbocycles. The molecule has 0 aliphatic carbocycles. The molecule has 7 nitrogen and oxygen atoms in total. The minimum absolute atomic E-state index is 0.0242. The Hall–Kier alpha value is -3.20. The Morgan fingerprint density at radius 1 is 1.03 bits per heavy atom. The van der Waals surface area contributed by atoms with Crippen molar-refractivity contribution in [2.75, 3.05) is 19.6 Å². The predicted molar refractivity (Wildman–Crippen MR) is 130 cm³/mol. The minimum Gasteiger partial charge on any atom is -0.354 e. The van der Waals surface area contributed by atoms with Gasteiger partial charge in [0.05, 0.1) is 17.5 Å². The van der Waals surface area contributed by atoms with Crippen LogP contribution in [0.2, 0.25) is 5.02 Å². The van der Waals surface area contributed by atoms with Gasteiger partial charge >= 0.3 is 0 Å². The summed E-state index contributed by atoms with van der Waals surface area (Å²) in [5, 5.41) is 6.27. The lowest BCUT2D eigenvalue weighted by Gasteiger charge is -2.26. The highest BCUT2D eigenvalue weighted by molar-refractivity contribution is 7.89. The molecule has 9 heteroatoms. The number of carbonyl (C=O) groups is 2. The van der Waals surface area contributed by atoms with E-state index in [1.807, 2.05) is 42.5 Å². The quantitative estimate of drug-likeness (QED) is 0.524. The predicted octanol–water partition coefficient (Wildman–Crippen LogP) is 3.17. The van der Waals surface area contributed by atoms with E-state index in [0.717, 1.165) is 15.4 Å². The smallest absolute Gasteiger partial charge is 0.251 e. The largest absolute Gasteiger partial charge is 0.354 e. The van der Waals surface area contributed by atoms with E-state index in [9.17, 15) is 18.0 Å². The van der Waals surface area contributed by atoms with Crippen LogP contribution in [-0.2, 0) is 21.2 Å². The topological polar surface area (TPSA) is 95.6 Å². The van der Waals surface area contributed by atoms with E-state index in [0.29, 0.717) is 11.4 Å². The number of nitrogens with one attached hydrogen (secondary N) is 2. The van der Waals surface area contributed by atoms with Crippen molar-refractivity contribution in [1.29, 1.82) is 0 Å². The van der Waals surface area contributed by atoms with Crippen LogP contribution in [0.3, 0.4) is 0 Å². The van der Waals surface area contributed by atoms with Gasteiger partial charge in [0.2, 0.25) is 15.9 Å². The second kappa shape index (κ2) is 10.4. The fourth-order valence-corrected chi connectivity index (χ4v) is 5.37. The molecular formula is C25H24ClN3O4S. The zero-order valence-electron chi connectivity index (χ0n) is 18.3. The Kier molecular flexibility index (Phi) is 7.31. The van der Waals surface area contributed by atoms with Crippen LogP contribution >= 0.6 is 11.6 Å². The Bertz CT molecular complexity index is 1280. The molecule has 0 saturated carbocycles. The van der Waals surface area contributed by atoms with Crippen molar-refractivity contribution in [2.45, 2.75) is 17.4 Å². The maximum Gasteiger partial charge on any atom is 0.251 e. The van der Waals surface area contributed by atoms with Crippen molar-refractivity contribution in [1.82, 2.24) is 14.9 Å². The summed E-state index contributed by atoms with van der Waals surface area (Å²) in [7, 11) is -3.90. The SMILES string of the molecule is O=C1CN(S(=O)(=O)c2cccc(C(=O)NC(Cc3ccc(Cl)cc3)c3ccccc3)c2)CCN1. The summed E-state index contributed by atoms with van der Waals surface area (Å²) in [6.07, 6.45) is 0.536. The second-order valence-electron chi connectivity index (χ2n) is 7.98. The first kappa shape index (κ1) is 23.9. The van der Waals surface area contributed by atoms with Crippen molar-refractivity contribution in [2.24, 2.45) is 0 Å². The van der Waals surface area contributed by atoms with Gasteiger partial charge in [0.1, 0.15) is 0 Å². The molecule has 34 heavy (non-hydrogen) atoms. The van der Waals surface area contributed by atoms with Crippen molar-refractivity contribution < 1.29 is 18.0 Å². The highest BCUT2D eigenvalue weighted by Crippen LogP contribution is 2.22. The third-order valence-corrected chi connectivity index (χ3v) is 7.69. The zero-order valence-corrected chi connectivity index (χ0v) is 19.9. The zero-order chi connectivity index (χ0) is 24.1. The van der Waals surface area contributed by atoms with Gasteiger partial charge in [-0.1, -0.05) is 60.1 Å². The molecule has 1 aliphatic rings. The average Bonchev–Trinajstić information content (AvgIpc) is 2.85. The molecule has 0 aromatic heterocycles. The Morgan fingerprint density at radius 2 is 1.76 bits per heavy atom. The molecule has 1 unspecified atom stereocenters. The van der Waals surface area contributed by atoms with Gasteiger partial charge in [-0.15, -0.1) is 0 Å². The first-order valence-electron chi connectivity index (χ1n) is 10.8. The van der Waals surface area contributed by atoms with Crippen LogP contribution in [0, 0.1) is 0 Å². The Labute approximate surface area is 203 Å². The molecular weight excluding hydrogens is 474 g/mol. The van der Waals surface area contributed by atoms with Crippen LogP contribution < -0.4 is 10.6 Å². The monoisotopic (exact) mass is 497 g/mol. The number of halogens is 1. The number of piperazine rings is 1. The lowest BCUT2D eigenvalue weighted by Crippen LogP contribution is -2.49. The molecule has 4 rings (SSSR count). The van der Waals surface area contributed by atoms with Crippen LogP contribution in [0.1, 0.15) is 27.5 Å². The summed E-state index contributed by atoms with van der Waals surface area (Å²) >= 11 is 6.00. The normalized spacial score (nSPS) is 15.4. The summed E-state index contributed by atoms with van der Waals surface area (Å²) in [6.45, 7) is 0.194. The summed E-state index contributed by atoms with van der Waals surface area (Å²) < 4.78 is 27.2. The van der Waals surface area contributed by atoms with Crippen LogP contribution in [-0.4, -0.2) is 44.2 Å². The number of benzene rings is 3. The fraction of sp³-hybridized carbons (Fsp3) is 0.200. The van der Waals surface area contributed by atoms with E-state index < -0.39 is 15.9 Å². The molecule has 1 fully saturated rings. The van der Waals surface area contributed by atoms with Gasteiger partial charge in [-0.25, -0.2) is 8.42 Å². The van der Waals surface area contributed by atoms with Gasteiger partial charge in [-0.2, -0.15) is 4.31 Å². The van der Waals surface area contributed by atoms with E-state index >= 15 is 0 Å². The first-order valence-corrected chi connectivity index (χ1v) is 12.6. The lowest BCUT2D eigenvalue weighted by atomic mass is 9.98. The fourth-order valence-electron chi connectivity index (χ4n) is 3.80. The summed E-state index contributed by atoms with van der Waals surface area (Å²) in [6, 6.07) is 22.5. The molecule has 1 saturated heterocycles. The van der Waals surface area contributed by atoms with E-state index in [4.69, 9.17) is 11.6 Å². The van der Waals surface area contributed by atoms with Crippen molar-refractivity contribution in [3.8, 4) is 0 Å². The molecule has 0 spiro atoms. The van der Waals surface area contributed by atoms with E-state index in [2.05, 4.69) is 10.6 Å². The maximum atomic E-state index is 13.2. The van der Waals surface area contributed by atoms with Gasteiger partial charge in [0.25, 0.3) is 5.91 Å². The van der Waals surface area contributed by atoms with E-state index in [1.54, 1.807) is 18.2 Å². The number of nitrogens with zero attached hydrogens (tertiary/aromatic N) is 1. The standard InChI is InChI=1S/C25H24ClN3O4S/c26-21-11-9-18(10-12-21)15-23(19-5-2-1-3-6-19)28-25(31)20-7-4-8-22(16-20)34(32,33)29-14-13-27-24(30)17-29/h1-12,16,23H,13-15,17H2,(H,27,30)(H,28,31). The van der Waals surface area contributed by atoms with Gasteiger partial charge in [0.15, 0.2) is 0 Å². The summed E-state index contributed by atoms with van der Waals surface area (Å²) in [4.78, 5) is 24.8. The van der Waals surface area contributed by atoms with Gasteiger partial charge in [-0.3, -0.25) is 9.59 Å². The molecule has 0 radical (unpaired) electrons. The average molecular weight is 498 g/mol. The van der Waals surface area contributed by atoms with Gasteiger partial charge in [0, 0.05) is 23.7 Å². The van der Waals surface area contributed by atoms with Gasteiger partial charge < -0.3 is 10.6 Å². The van der Waals surface area contributed by atoms with E-state index in [-0.39, 0.29) is 42.0 Å². The number of rotatable bonds is 7. The molecule has 1 heterocycles. The van der Waals surface area contributed by atoms with Crippen molar-refractivity contribution in [3.63, 3.8) is 0 Å². The Balaban J connectivity index is 1.57. The summed E-state index contributed by atoms with van der Waals surface area (Å²) in [5.74, 6) is -0.743.